The fourth-order valence-electron chi connectivity index (χ4n) is 0.902. The Kier molecular flexibility index (Phi) is 6.38. The van der Waals surface area contributed by atoms with Gasteiger partial charge in [-0.25, -0.2) is 0 Å². The van der Waals surface area contributed by atoms with Gasteiger partial charge in [-0.1, -0.05) is 6.42 Å². The third-order valence-electron chi connectivity index (χ3n) is 1.41. The second kappa shape index (κ2) is 6.50. The summed E-state index contributed by atoms with van der Waals surface area (Å²) in [6.07, 6.45) is 2.73. The summed E-state index contributed by atoms with van der Waals surface area (Å²) in [6, 6.07) is 1.40. The molecule has 0 aromatic carbocycles. The summed E-state index contributed by atoms with van der Waals surface area (Å²) < 4.78 is 14.2. The summed E-state index contributed by atoms with van der Waals surface area (Å²) >= 11 is 0. The Hall–Kier alpha value is -0.206. The van der Waals surface area contributed by atoms with Crippen molar-refractivity contribution in [1.29, 1.82) is 0 Å². The van der Waals surface area contributed by atoms with E-state index in [1.807, 2.05) is 0 Å². The zero-order valence-corrected chi connectivity index (χ0v) is 8.77. The summed E-state index contributed by atoms with van der Waals surface area (Å²) in [4.78, 5) is 14.3. The Morgan fingerprint density at radius 1 is 1.45 bits per heavy atom. The largest absolute Gasteiger partial charge is 0.761 e. The Morgan fingerprint density at radius 3 is 2.18 bits per heavy atom. The molecule has 1 saturated heterocycles. The first-order valence-electron chi connectivity index (χ1n) is 3.66. The first-order valence-corrected chi connectivity index (χ1v) is 7.41. The van der Waals surface area contributed by atoms with Crippen molar-refractivity contribution in [2.24, 2.45) is 0 Å². The number of hydrogen-bond donors (Lipinski definition) is 2. The molecule has 0 aromatic rings. The molecule has 0 aromatic heterocycles. The highest BCUT2D eigenvalue weighted by Gasteiger charge is 2.08. The quantitative estimate of drug-likeness (QED) is 0.512. The van der Waals surface area contributed by atoms with Crippen LogP contribution in [0.4, 0.5) is 0 Å². The molecule has 0 radical (unpaired) electrons. The fourth-order valence-corrected chi connectivity index (χ4v) is 2.50. The molecule has 6 heteroatoms. The highest BCUT2D eigenvalue weighted by molar-refractivity contribution is 6.50. The van der Waals surface area contributed by atoms with Gasteiger partial charge in [0.05, 0.1) is 0 Å². The van der Waals surface area contributed by atoms with Crippen molar-refractivity contribution >= 4 is 18.2 Å². The third-order valence-corrected chi connectivity index (χ3v) is 3.43. The summed E-state index contributed by atoms with van der Waals surface area (Å²) in [5, 5.41) is 0. The van der Waals surface area contributed by atoms with Crippen molar-refractivity contribution in [2.75, 3.05) is 6.61 Å². The Morgan fingerprint density at radius 2 is 2.00 bits per heavy atom. The average molecular weight is 194 g/mol. The van der Waals surface area contributed by atoms with E-state index in [1.165, 1.54) is 18.9 Å². The van der Waals surface area contributed by atoms with Crippen molar-refractivity contribution in [1.82, 2.24) is 0 Å². The molecule has 1 unspecified atom stereocenters. The molecule has 1 heterocycles. The SMILES string of the molecule is C[SiH]1CCCCO1.O=[Si](O)O. The molecule has 11 heavy (non-hydrogen) atoms. The van der Waals surface area contributed by atoms with E-state index in [4.69, 9.17) is 18.5 Å². The van der Waals surface area contributed by atoms with E-state index in [0.717, 1.165) is 6.61 Å². The van der Waals surface area contributed by atoms with Crippen LogP contribution in [0, 0.1) is 0 Å². The van der Waals surface area contributed by atoms with Gasteiger partial charge in [-0.2, -0.15) is 0 Å². The van der Waals surface area contributed by atoms with E-state index in [1.54, 1.807) is 0 Å². The van der Waals surface area contributed by atoms with Crippen LogP contribution in [0.1, 0.15) is 12.8 Å². The molecule has 2 N–H and O–H groups in total. The number of rotatable bonds is 0. The maximum atomic E-state index is 8.74. The van der Waals surface area contributed by atoms with Crippen LogP contribution in [0.3, 0.4) is 0 Å². The van der Waals surface area contributed by atoms with Crippen LogP contribution in [0.5, 0.6) is 0 Å². The molecule has 1 aliphatic rings. The van der Waals surface area contributed by atoms with E-state index < -0.39 is 18.2 Å². The summed E-state index contributed by atoms with van der Waals surface area (Å²) in [5.74, 6) is 0. The first kappa shape index (κ1) is 10.8. The summed E-state index contributed by atoms with van der Waals surface area (Å²) in [6.45, 7) is 3.33. The summed E-state index contributed by atoms with van der Waals surface area (Å²) in [5.41, 5.74) is 0. The molecule has 1 fully saturated rings. The minimum atomic E-state index is -3.13. The minimum Gasteiger partial charge on any atom is -0.511 e. The van der Waals surface area contributed by atoms with E-state index in [0.29, 0.717) is 0 Å². The lowest BCUT2D eigenvalue weighted by Crippen LogP contribution is -2.18. The molecule has 0 amide bonds. The van der Waals surface area contributed by atoms with Crippen LogP contribution in [0.2, 0.25) is 12.6 Å². The van der Waals surface area contributed by atoms with Crippen LogP contribution >= 0.6 is 0 Å². The van der Waals surface area contributed by atoms with Gasteiger partial charge in [0.2, 0.25) is 0 Å². The maximum absolute atomic E-state index is 8.74. The van der Waals surface area contributed by atoms with Crippen LogP contribution in [0.15, 0.2) is 0 Å². The molecule has 1 aliphatic heterocycles. The van der Waals surface area contributed by atoms with E-state index in [9.17, 15) is 0 Å². The van der Waals surface area contributed by atoms with Gasteiger partial charge < -0.3 is 14.0 Å². The molecule has 66 valence electrons. The fraction of sp³-hybridized carbons (Fsp3) is 1.00. The van der Waals surface area contributed by atoms with Crippen molar-refractivity contribution in [3.8, 4) is 0 Å². The monoisotopic (exact) mass is 194 g/mol. The standard InChI is InChI=1S/C5H12OSi.H2O3Si/c1-7-5-3-2-4-6-7;1-4(2)3/h7H,2-5H2,1H3;1-2H. The van der Waals surface area contributed by atoms with Gasteiger partial charge in [-0.15, -0.1) is 0 Å². The molecular formula is C5H14O4Si2. The zero-order chi connectivity index (χ0) is 8.69. The maximum Gasteiger partial charge on any atom is 0.761 e. The van der Waals surface area contributed by atoms with Gasteiger partial charge in [0.15, 0.2) is 9.04 Å². The van der Waals surface area contributed by atoms with Gasteiger partial charge in [0.25, 0.3) is 0 Å². The molecule has 0 saturated carbocycles. The molecule has 1 atom stereocenters. The Bertz CT molecular complexity index is 109. The van der Waals surface area contributed by atoms with Gasteiger partial charge in [-0.05, 0) is 19.0 Å². The molecule has 0 spiro atoms. The highest BCUT2D eigenvalue weighted by atomic mass is 28.3. The lowest BCUT2D eigenvalue weighted by molar-refractivity contribution is 0.291. The van der Waals surface area contributed by atoms with Gasteiger partial charge in [0, 0.05) is 6.61 Å². The predicted octanol–water partition coefficient (Wildman–Crippen LogP) is -0.463. The normalized spacial score (nSPS) is 23.2. The smallest absolute Gasteiger partial charge is 0.511 e. The lowest BCUT2D eigenvalue weighted by atomic mass is 10.4. The molecule has 1 rings (SSSR count). The molecule has 4 nitrogen and oxygen atoms in total. The second-order valence-electron chi connectivity index (χ2n) is 2.46. The van der Waals surface area contributed by atoms with E-state index in [-0.39, 0.29) is 0 Å². The van der Waals surface area contributed by atoms with Crippen molar-refractivity contribution < 1.29 is 18.5 Å². The van der Waals surface area contributed by atoms with Crippen molar-refractivity contribution in [3.05, 3.63) is 0 Å². The van der Waals surface area contributed by atoms with Crippen molar-refractivity contribution in [3.63, 3.8) is 0 Å². The van der Waals surface area contributed by atoms with Crippen LogP contribution in [-0.2, 0) is 8.89 Å². The van der Waals surface area contributed by atoms with Crippen LogP contribution < -0.4 is 0 Å². The molecule has 0 aliphatic carbocycles. The lowest BCUT2D eigenvalue weighted by Gasteiger charge is -2.16. The Labute approximate surface area is 69.5 Å². The van der Waals surface area contributed by atoms with E-state index in [2.05, 4.69) is 6.55 Å². The number of hydrogen-bond acceptors (Lipinski definition) is 2. The van der Waals surface area contributed by atoms with Gasteiger partial charge in [-0.3, -0.25) is 4.46 Å². The van der Waals surface area contributed by atoms with Crippen LogP contribution in [0.25, 0.3) is 0 Å². The average Bonchev–Trinajstić information content (AvgIpc) is 1.87. The van der Waals surface area contributed by atoms with Crippen molar-refractivity contribution in [2.45, 2.75) is 25.4 Å². The summed E-state index contributed by atoms with van der Waals surface area (Å²) in [7, 11) is -3.72. The van der Waals surface area contributed by atoms with Crippen LogP contribution in [-0.4, -0.2) is 34.4 Å². The van der Waals surface area contributed by atoms with Gasteiger partial charge >= 0.3 is 9.17 Å². The molecule has 0 bridgehead atoms. The topological polar surface area (TPSA) is 66.8 Å². The van der Waals surface area contributed by atoms with E-state index >= 15 is 0 Å². The zero-order valence-electron chi connectivity index (χ0n) is 6.62. The second-order valence-corrected chi connectivity index (χ2v) is 5.56. The predicted molar refractivity (Wildman–Crippen MR) is 43.9 cm³/mol. The molecular weight excluding hydrogens is 180 g/mol. The van der Waals surface area contributed by atoms with Gasteiger partial charge in [0.1, 0.15) is 0 Å². The highest BCUT2D eigenvalue weighted by Crippen LogP contribution is 2.09. The third kappa shape index (κ3) is 9.79. The minimum absolute atomic E-state index is 0.595. The Balaban J connectivity index is 0.000000218. The first-order chi connectivity index (χ1) is 5.13.